The molecule has 2 saturated carbocycles. The summed E-state index contributed by atoms with van der Waals surface area (Å²) in [7, 11) is 0. The summed E-state index contributed by atoms with van der Waals surface area (Å²) in [5.41, 5.74) is 2.41. The molecule has 0 heterocycles. The van der Waals surface area contributed by atoms with E-state index >= 15 is 0 Å². The quantitative estimate of drug-likeness (QED) is 0.535. The van der Waals surface area contributed by atoms with E-state index in [9.17, 15) is 0 Å². The molecule has 2 aliphatic carbocycles. The Labute approximate surface area is 113 Å². The van der Waals surface area contributed by atoms with E-state index < -0.39 is 0 Å². The molecule has 0 nitrogen and oxygen atoms in total. The molecular formula is C18H28. The molecule has 2 aliphatic rings. The summed E-state index contributed by atoms with van der Waals surface area (Å²) in [5.74, 6) is 0.863. The van der Waals surface area contributed by atoms with E-state index in [-0.39, 0.29) is 0 Å². The van der Waals surface area contributed by atoms with Gasteiger partial charge >= 0.3 is 0 Å². The highest BCUT2D eigenvalue weighted by Gasteiger charge is 2.44. The van der Waals surface area contributed by atoms with Crippen molar-refractivity contribution in [2.24, 2.45) is 5.41 Å². The smallest absolute Gasteiger partial charge is 0.0162 e. The minimum absolute atomic E-state index is 0.839. The van der Waals surface area contributed by atoms with Crippen molar-refractivity contribution in [3.63, 3.8) is 0 Å². The van der Waals surface area contributed by atoms with E-state index in [1.165, 1.54) is 38.5 Å². The average molecular weight is 244 g/mol. The zero-order chi connectivity index (χ0) is 13.4. The predicted molar refractivity (Wildman–Crippen MR) is 81.9 cm³/mol. The molecule has 0 unspecified atom stereocenters. The van der Waals surface area contributed by atoms with E-state index in [2.05, 4.69) is 43.5 Å². The molecule has 3 rings (SSSR count). The van der Waals surface area contributed by atoms with Crippen LogP contribution in [0, 0.1) is 5.41 Å². The molecule has 1 spiro atoms. The number of benzene rings is 1. The second-order valence-corrected chi connectivity index (χ2v) is 5.18. The lowest BCUT2D eigenvalue weighted by atomic mass is 9.77. The van der Waals surface area contributed by atoms with Crippen molar-refractivity contribution < 1.29 is 0 Å². The minimum atomic E-state index is 0.839. The van der Waals surface area contributed by atoms with E-state index in [0.717, 1.165) is 11.3 Å². The van der Waals surface area contributed by atoms with Crippen molar-refractivity contribution in [2.75, 3.05) is 0 Å². The summed E-state index contributed by atoms with van der Waals surface area (Å²) < 4.78 is 0. The van der Waals surface area contributed by atoms with Gasteiger partial charge in [0.1, 0.15) is 0 Å². The van der Waals surface area contributed by atoms with Crippen LogP contribution < -0.4 is 0 Å². The van der Waals surface area contributed by atoms with E-state index in [4.69, 9.17) is 0 Å². The van der Waals surface area contributed by atoms with Crippen LogP contribution in [-0.2, 0) is 0 Å². The van der Waals surface area contributed by atoms with Crippen LogP contribution >= 0.6 is 0 Å². The summed E-state index contributed by atoms with van der Waals surface area (Å²) in [4.78, 5) is 0. The maximum atomic E-state index is 3.00. The van der Waals surface area contributed by atoms with Crippen molar-refractivity contribution >= 4 is 0 Å². The van der Waals surface area contributed by atoms with Crippen LogP contribution in [0.15, 0.2) is 43.5 Å². The molecule has 0 aromatic heterocycles. The molecule has 2 fully saturated rings. The summed E-state index contributed by atoms with van der Waals surface area (Å²) in [6.45, 7) is 10.0. The van der Waals surface area contributed by atoms with Crippen LogP contribution in [0.2, 0.25) is 0 Å². The van der Waals surface area contributed by atoms with Crippen LogP contribution in [0.1, 0.15) is 63.9 Å². The Morgan fingerprint density at radius 1 is 0.889 bits per heavy atom. The summed E-state index contributed by atoms with van der Waals surface area (Å²) in [5, 5.41) is 0. The predicted octanol–water partition coefficient (Wildman–Crippen LogP) is 5.95. The first-order valence-corrected chi connectivity index (χ1v) is 7.43. The first kappa shape index (κ1) is 15.0. The van der Waals surface area contributed by atoms with Crippen molar-refractivity contribution in [3.05, 3.63) is 49.1 Å². The topological polar surface area (TPSA) is 0 Å². The number of hydrogen-bond acceptors (Lipinski definition) is 0. The first-order valence-electron chi connectivity index (χ1n) is 7.43. The zero-order valence-electron chi connectivity index (χ0n) is 12.1. The summed E-state index contributed by atoms with van der Waals surface area (Å²) in [6.07, 6.45) is 8.90. The molecule has 0 heteroatoms. The maximum absolute atomic E-state index is 3.00. The summed E-state index contributed by atoms with van der Waals surface area (Å²) >= 11 is 0. The molecule has 0 bridgehead atoms. The van der Waals surface area contributed by atoms with E-state index in [0.29, 0.717) is 0 Å². The van der Waals surface area contributed by atoms with Crippen molar-refractivity contribution in [1.82, 2.24) is 0 Å². The molecule has 1 aromatic carbocycles. The highest BCUT2D eigenvalue weighted by molar-refractivity contribution is 5.20. The highest BCUT2D eigenvalue weighted by Crippen LogP contribution is 2.58. The zero-order valence-corrected chi connectivity index (χ0v) is 12.1. The van der Waals surface area contributed by atoms with Gasteiger partial charge < -0.3 is 0 Å². The standard InChI is InChI=1S/C14H18.C2H6.C2H4/c1-2-4-12(5-3-1)13-6-8-14(9-7-13)10-11-14;2*1-2/h1-5,13H,6-11H2;1-2H3;1-2H2. The Kier molecular flexibility index (Phi) is 6.18. The lowest BCUT2D eigenvalue weighted by Gasteiger charge is -2.28. The molecule has 0 aliphatic heterocycles. The fraction of sp³-hybridized carbons (Fsp3) is 0.556. The van der Waals surface area contributed by atoms with Crippen LogP contribution in [-0.4, -0.2) is 0 Å². The fourth-order valence-electron chi connectivity index (χ4n) is 2.97. The van der Waals surface area contributed by atoms with Gasteiger partial charge in [-0.05, 0) is 55.4 Å². The van der Waals surface area contributed by atoms with Gasteiger partial charge in [0, 0.05) is 0 Å². The van der Waals surface area contributed by atoms with Gasteiger partial charge in [0.15, 0.2) is 0 Å². The minimum Gasteiger partial charge on any atom is -0.106 e. The largest absolute Gasteiger partial charge is 0.106 e. The second-order valence-electron chi connectivity index (χ2n) is 5.18. The van der Waals surface area contributed by atoms with Crippen molar-refractivity contribution in [1.29, 1.82) is 0 Å². The third kappa shape index (κ3) is 3.73. The van der Waals surface area contributed by atoms with Gasteiger partial charge in [-0.1, -0.05) is 44.2 Å². The SMILES string of the molecule is C=C.CC.c1ccc(C2CCC3(CC2)CC3)cc1. The van der Waals surface area contributed by atoms with Gasteiger partial charge in [-0.15, -0.1) is 13.2 Å². The van der Waals surface area contributed by atoms with Gasteiger partial charge in [-0.3, -0.25) is 0 Å². The molecule has 1 aromatic rings. The molecule has 0 saturated heterocycles. The third-order valence-electron chi connectivity index (χ3n) is 4.27. The van der Waals surface area contributed by atoms with Gasteiger partial charge in [0.05, 0.1) is 0 Å². The van der Waals surface area contributed by atoms with Crippen LogP contribution in [0.25, 0.3) is 0 Å². The summed E-state index contributed by atoms with van der Waals surface area (Å²) in [6, 6.07) is 11.1. The molecular weight excluding hydrogens is 216 g/mol. The Hall–Kier alpha value is -1.04. The lowest BCUT2D eigenvalue weighted by molar-refractivity contribution is 0.306. The monoisotopic (exact) mass is 244 g/mol. The Morgan fingerprint density at radius 3 is 1.83 bits per heavy atom. The average Bonchev–Trinajstić information content (AvgIpc) is 3.24. The van der Waals surface area contributed by atoms with Gasteiger partial charge in [0.2, 0.25) is 0 Å². The van der Waals surface area contributed by atoms with E-state index in [1.54, 1.807) is 5.56 Å². The molecule has 0 N–H and O–H groups in total. The van der Waals surface area contributed by atoms with E-state index in [1.807, 2.05) is 13.8 Å². The highest BCUT2D eigenvalue weighted by atomic mass is 14.5. The second kappa shape index (κ2) is 7.41. The third-order valence-corrected chi connectivity index (χ3v) is 4.27. The number of hydrogen-bond donors (Lipinski definition) is 0. The molecule has 0 radical (unpaired) electrons. The Morgan fingerprint density at radius 2 is 1.39 bits per heavy atom. The van der Waals surface area contributed by atoms with Crippen LogP contribution in [0.4, 0.5) is 0 Å². The fourth-order valence-corrected chi connectivity index (χ4v) is 2.97. The lowest BCUT2D eigenvalue weighted by Crippen LogP contribution is -2.13. The molecule has 18 heavy (non-hydrogen) atoms. The number of rotatable bonds is 1. The first-order chi connectivity index (χ1) is 8.88. The van der Waals surface area contributed by atoms with Crippen LogP contribution in [0.3, 0.4) is 0 Å². The van der Waals surface area contributed by atoms with Gasteiger partial charge in [-0.25, -0.2) is 0 Å². The maximum Gasteiger partial charge on any atom is -0.0162 e. The van der Waals surface area contributed by atoms with Gasteiger partial charge in [0.25, 0.3) is 0 Å². The van der Waals surface area contributed by atoms with Gasteiger partial charge in [-0.2, -0.15) is 0 Å². The van der Waals surface area contributed by atoms with Crippen LogP contribution in [0.5, 0.6) is 0 Å². The molecule has 100 valence electrons. The Bertz CT molecular complexity index is 311. The normalized spacial score (nSPS) is 20.1. The van der Waals surface area contributed by atoms with Crippen molar-refractivity contribution in [2.45, 2.75) is 58.3 Å². The Balaban J connectivity index is 0.000000371. The molecule has 0 atom stereocenters. The molecule has 0 amide bonds. The van der Waals surface area contributed by atoms with Crippen molar-refractivity contribution in [3.8, 4) is 0 Å².